The van der Waals surface area contributed by atoms with E-state index in [1.165, 1.54) is 7.11 Å². The van der Waals surface area contributed by atoms with Crippen LogP contribution in [-0.2, 0) is 10.2 Å². The molecule has 0 unspecified atom stereocenters. The number of benzene rings is 2. The van der Waals surface area contributed by atoms with Crippen molar-refractivity contribution in [1.29, 1.82) is 0 Å². The lowest BCUT2D eigenvalue weighted by Gasteiger charge is -2.16. The Morgan fingerprint density at radius 1 is 1.14 bits per heavy atom. The molecule has 0 amide bonds. The Bertz CT molecular complexity index is 945. The number of fused-ring (bicyclic) bond motifs is 1. The van der Waals surface area contributed by atoms with E-state index in [0.717, 1.165) is 28.3 Å². The highest BCUT2D eigenvalue weighted by atomic mass is 127. The van der Waals surface area contributed by atoms with Gasteiger partial charge in [-0.05, 0) is 45.0 Å². The highest BCUT2D eigenvalue weighted by molar-refractivity contribution is 6.06. The number of hydrogen-bond donors (Lipinski definition) is 0. The summed E-state index contributed by atoms with van der Waals surface area (Å²) in [5.41, 5.74) is 4.76. The van der Waals surface area contributed by atoms with Crippen LogP contribution in [0.1, 0.15) is 42.3 Å². The highest BCUT2D eigenvalue weighted by Gasteiger charge is 2.43. The molecule has 0 aliphatic carbocycles. The molecule has 5 heteroatoms. The first-order valence-electron chi connectivity index (χ1n) is 9.14. The SMILES string of the molecule is CCOc1ccccc1C=CC1=[N+](C)c2ccc(C(=O)OC)cc2C1(C)C.[I-]. The lowest BCUT2D eigenvalue weighted by Crippen LogP contribution is -3.00. The van der Waals surface area contributed by atoms with Crippen molar-refractivity contribution in [3.05, 3.63) is 65.2 Å². The second-order valence-corrected chi connectivity index (χ2v) is 7.10. The molecule has 0 radical (unpaired) electrons. The average Bonchev–Trinajstić information content (AvgIpc) is 2.86. The lowest BCUT2D eigenvalue weighted by molar-refractivity contribution is -0.401. The van der Waals surface area contributed by atoms with Crippen LogP contribution in [0.25, 0.3) is 6.08 Å². The molecule has 28 heavy (non-hydrogen) atoms. The van der Waals surface area contributed by atoms with E-state index >= 15 is 0 Å². The molecule has 4 nitrogen and oxygen atoms in total. The van der Waals surface area contributed by atoms with Gasteiger partial charge in [-0.15, -0.1) is 0 Å². The molecular weight excluding hydrogens is 465 g/mol. The maximum atomic E-state index is 11.9. The minimum Gasteiger partial charge on any atom is -1.00 e. The molecule has 148 valence electrons. The topological polar surface area (TPSA) is 38.5 Å². The van der Waals surface area contributed by atoms with Gasteiger partial charge in [-0.2, -0.15) is 4.58 Å². The third kappa shape index (κ3) is 3.99. The van der Waals surface area contributed by atoms with Crippen LogP contribution < -0.4 is 28.7 Å². The third-order valence-electron chi connectivity index (χ3n) is 5.09. The summed E-state index contributed by atoms with van der Waals surface area (Å²) >= 11 is 0. The van der Waals surface area contributed by atoms with E-state index in [0.29, 0.717) is 12.2 Å². The molecule has 0 aromatic heterocycles. The third-order valence-corrected chi connectivity index (χ3v) is 5.09. The smallest absolute Gasteiger partial charge is 0.337 e. The molecule has 0 atom stereocenters. The highest BCUT2D eigenvalue weighted by Crippen LogP contribution is 2.40. The zero-order chi connectivity index (χ0) is 19.6. The Kier molecular flexibility index (Phi) is 7.04. The molecule has 0 saturated heterocycles. The molecule has 0 saturated carbocycles. The van der Waals surface area contributed by atoms with E-state index < -0.39 is 0 Å². The van der Waals surface area contributed by atoms with Gasteiger partial charge < -0.3 is 33.5 Å². The quantitative estimate of drug-likeness (QED) is 0.363. The second-order valence-electron chi connectivity index (χ2n) is 7.10. The number of halogens is 1. The van der Waals surface area contributed by atoms with Crippen molar-refractivity contribution < 1.29 is 42.8 Å². The fourth-order valence-corrected chi connectivity index (χ4v) is 3.65. The molecule has 0 spiro atoms. The van der Waals surface area contributed by atoms with Crippen LogP contribution in [0.3, 0.4) is 0 Å². The molecule has 2 aromatic rings. The average molecular weight is 491 g/mol. The van der Waals surface area contributed by atoms with Crippen molar-refractivity contribution >= 4 is 23.4 Å². The Hall–Kier alpha value is -2.15. The fourth-order valence-electron chi connectivity index (χ4n) is 3.65. The Morgan fingerprint density at radius 3 is 2.54 bits per heavy atom. The summed E-state index contributed by atoms with van der Waals surface area (Å²) < 4.78 is 12.8. The van der Waals surface area contributed by atoms with Gasteiger partial charge in [0.05, 0.1) is 24.7 Å². The minimum absolute atomic E-state index is 0. The fraction of sp³-hybridized carbons (Fsp3) is 0.304. The summed E-state index contributed by atoms with van der Waals surface area (Å²) in [6.45, 7) is 6.96. The number of allylic oxidation sites excluding steroid dienone is 1. The Balaban J connectivity index is 0.00000280. The van der Waals surface area contributed by atoms with E-state index in [2.05, 4.69) is 37.6 Å². The van der Waals surface area contributed by atoms with Crippen LogP contribution in [-0.4, -0.2) is 37.0 Å². The Morgan fingerprint density at radius 2 is 1.86 bits per heavy atom. The number of ether oxygens (including phenoxy) is 2. The number of methoxy groups -OCH3 is 1. The second kappa shape index (κ2) is 8.90. The first-order valence-corrected chi connectivity index (χ1v) is 9.14. The minimum atomic E-state index is -0.314. The monoisotopic (exact) mass is 491 g/mol. The van der Waals surface area contributed by atoms with Crippen molar-refractivity contribution in [2.75, 3.05) is 20.8 Å². The largest absolute Gasteiger partial charge is 1.00 e. The van der Waals surface area contributed by atoms with Crippen molar-refractivity contribution in [1.82, 2.24) is 0 Å². The number of carbonyl (C=O) groups excluding carboxylic acids is 1. The first-order chi connectivity index (χ1) is 12.9. The molecular formula is C23H26INO3. The van der Waals surface area contributed by atoms with Crippen molar-refractivity contribution in [3.63, 3.8) is 0 Å². The van der Waals surface area contributed by atoms with Crippen LogP contribution in [0.15, 0.2) is 48.5 Å². The summed E-state index contributed by atoms with van der Waals surface area (Å²) in [7, 11) is 3.46. The molecule has 1 heterocycles. The van der Waals surface area contributed by atoms with Crippen molar-refractivity contribution in [2.24, 2.45) is 0 Å². The van der Waals surface area contributed by atoms with E-state index in [-0.39, 0.29) is 35.4 Å². The van der Waals surface area contributed by atoms with Crippen LogP contribution >= 0.6 is 0 Å². The summed E-state index contributed by atoms with van der Waals surface area (Å²) in [5.74, 6) is 0.562. The number of para-hydroxylation sites is 1. The van der Waals surface area contributed by atoms with Gasteiger partial charge in [-0.25, -0.2) is 4.79 Å². The molecule has 1 aliphatic heterocycles. The van der Waals surface area contributed by atoms with E-state index in [1.54, 1.807) is 0 Å². The normalized spacial score (nSPS) is 14.6. The maximum absolute atomic E-state index is 11.9. The molecule has 1 aliphatic rings. The van der Waals surface area contributed by atoms with E-state index in [1.807, 2.05) is 49.4 Å². The van der Waals surface area contributed by atoms with Gasteiger partial charge in [0.2, 0.25) is 5.69 Å². The van der Waals surface area contributed by atoms with Crippen LogP contribution in [0.5, 0.6) is 5.75 Å². The van der Waals surface area contributed by atoms with Gasteiger partial charge in [0.25, 0.3) is 0 Å². The zero-order valence-corrected chi connectivity index (χ0v) is 19.1. The molecule has 0 N–H and O–H groups in total. The molecule has 0 fully saturated rings. The predicted octanol–water partition coefficient (Wildman–Crippen LogP) is 1.60. The molecule has 3 rings (SSSR count). The van der Waals surface area contributed by atoms with E-state index in [9.17, 15) is 4.79 Å². The van der Waals surface area contributed by atoms with Crippen molar-refractivity contribution in [3.8, 4) is 5.75 Å². The number of rotatable bonds is 5. The van der Waals surface area contributed by atoms with Gasteiger partial charge in [0.1, 0.15) is 12.8 Å². The number of esters is 1. The maximum Gasteiger partial charge on any atom is 0.337 e. The van der Waals surface area contributed by atoms with Gasteiger partial charge in [-0.1, -0.05) is 18.2 Å². The first kappa shape index (κ1) is 22.1. The van der Waals surface area contributed by atoms with Crippen LogP contribution in [0, 0.1) is 0 Å². The number of carbonyl (C=O) groups is 1. The summed E-state index contributed by atoms with van der Waals surface area (Å²) in [5, 5.41) is 0. The standard InChI is InChI=1S/C23H26NO3.HI/c1-6-27-20-10-8-7-9-16(20)12-14-21-23(2,3)18-15-17(22(25)26-5)11-13-19(18)24(21)4;/h7-15H,6H2,1-5H3;1H/q+1;/p-1. The summed E-state index contributed by atoms with van der Waals surface area (Å²) in [4.78, 5) is 11.9. The van der Waals surface area contributed by atoms with Crippen molar-refractivity contribution in [2.45, 2.75) is 26.2 Å². The van der Waals surface area contributed by atoms with E-state index in [4.69, 9.17) is 9.47 Å². The van der Waals surface area contributed by atoms with Gasteiger partial charge in [0.15, 0.2) is 5.71 Å². The Labute approximate surface area is 183 Å². The molecule has 0 bridgehead atoms. The lowest BCUT2D eigenvalue weighted by atomic mass is 9.80. The van der Waals surface area contributed by atoms with Gasteiger partial charge in [-0.3, -0.25) is 0 Å². The molecule has 2 aromatic carbocycles. The number of hydrogen-bond acceptors (Lipinski definition) is 3. The van der Waals surface area contributed by atoms with Gasteiger partial charge >= 0.3 is 5.97 Å². The predicted molar refractivity (Wildman–Crippen MR) is 108 cm³/mol. The zero-order valence-electron chi connectivity index (χ0n) is 17.0. The summed E-state index contributed by atoms with van der Waals surface area (Å²) in [6.07, 6.45) is 4.22. The van der Waals surface area contributed by atoms with Crippen LogP contribution in [0.2, 0.25) is 0 Å². The van der Waals surface area contributed by atoms with Crippen LogP contribution in [0.4, 0.5) is 5.69 Å². The number of nitrogens with zero attached hydrogens (tertiary/aromatic N) is 1. The summed E-state index contributed by atoms with van der Waals surface area (Å²) in [6, 6.07) is 13.7. The van der Waals surface area contributed by atoms with Gasteiger partial charge in [0, 0.05) is 23.3 Å².